The lowest BCUT2D eigenvalue weighted by Gasteiger charge is -2.19. The number of hydrogen-bond donors (Lipinski definition) is 0. The van der Waals surface area contributed by atoms with Gasteiger partial charge in [0.2, 0.25) is 5.82 Å². The Kier molecular flexibility index (Phi) is 4.14. The molecule has 0 saturated heterocycles. The highest BCUT2D eigenvalue weighted by Crippen LogP contribution is 2.23. The van der Waals surface area contributed by atoms with Crippen LogP contribution in [0.2, 0.25) is 0 Å². The Morgan fingerprint density at radius 3 is 2.71 bits per heavy atom. The Morgan fingerprint density at radius 1 is 1.33 bits per heavy atom. The minimum absolute atomic E-state index is 0.169. The molecule has 21 heavy (non-hydrogen) atoms. The fourth-order valence-corrected chi connectivity index (χ4v) is 1.99. The van der Waals surface area contributed by atoms with E-state index in [0.29, 0.717) is 5.56 Å². The lowest BCUT2D eigenvalue weighted by molar-refractivity contribution is -0.387. The number of halogens is 1. The highest BCUT2D eigenvalue weighted by Gasteiger charge is 2.18. The van der Waals surface area contributed by atoms with Crippen LogP contribution in [0.5, 0.6) is 0 Å². The largest absolute Gasteiger partial charge is 0.370 e. The maximum atomic E-state index is 14.0. The van der Waals surface area contributed by atoms with E-state index in [1.54, 1.807) is 36.2 Å². The molecule has 0 bridgehead atoms. The summed E-state index contributed by atoms with van der Waals surface area (Å²) in [7, 11) is 1.73. The minimum atomic E-state index is -0.828. The van der Waals surface area contributed by atoms with Crippen molar-refractivity contribution in [3.05, 3.63) is 69.5 Å². The van der Waals surface area contributed by atoms with Crippen LogP contribution in [0.25, 0.3) is 0 Å². The van der Waals surface area contributed by atoms with Crippen molar-refractivity contribution >= 4 is 11.4 Å². The van der Waals surface area contributed by atoms with E-state index in [0.717, 1.165) is 11.8 Å². The maximum absolute atomic E-state index is 14.0. The second-order valence-electron chi connectivity index (χ2n) is 4.53. The molecule has 0 aliphatic rings. The quantitative estimate of drug-likeness (QED) is 0.638. The fourth-order valence-electron chi connectivity index (χ4n) is 1.99. The average molecular weight is 285 g/mol. The first-order chi connectivity index (χ1) is 10.0. The van der Waals surface area contributed by atoms with Crippen molar-refractivity contribution < 1.29 is 9.31 Å². The van der Waals surface area contributed by atoms with Gasteiger partial charge in [-0.25, -0.2) is 0 Å². The standard InChI is InChI=1S/C15H12FN3O2/c1-18(13-6-2-4-11(8-13)9-17)10-12-5-3-7-14(15(12)16)19(20)21/h2-8H,10H2,1H3. The molecule has 0 aromatic heterocycles. The summed E-state index contributed by atoms with van der Waals surface area (Å²) in [4.78, 5) is 11.7. The highest BCUT2D eigenvalue weighted by molar-refractivity contribution is 5.51. The summed E-state index contributed by atoms with van der Waals surface area (Å²) in [5.74, 6) is -0.828. The lowest BCUT2D eigenvalue weighted by atomic mass is 10.1. The van der Waals surface area contributed by atoms with Crippen LogP contribution in [-0.2, 0) is 6.54 Å². The van der Waals surface area contributed by atoms with Crippen molar-refractivity contribution in [2.75, 3.05) is 11.9 Å². The highest BCUT2D eigenvalue weighted by atomic mass is 19.1. The molecular weight excluding hydrogens is 273 g/mol. The molecule has 0 radical (unpaired) electrons. The van der Waals surface area contributed by atoms with Gasteiger partial charge in [-0.1, -0.05) is 18.2 Å². The lowest BCUT2D eigenvalue weighted by Crippen LogP contribution is -2.17. The smallest absolute Gasteiger partial charge is 0.305 e. The second-order valence-corrected chi connectivity index (χ2v) is 4.53. The number of benzene rings is 2. The van der Waals surface area contributed by atoms with Crippen molar-refractivity contribution in [3.8, 4) is 6.07 Å². The molecule has 0 fully saturated rings. The molecule has 0 spiro atoms. The van der Waals surface area contributed by atoms with Gasteiger partial charge in [0.25, 0.3) is 0 Å². The number of nitro benzene ring substituents is 1. The van der Waals surface area contributed by atoms with Crippen LogP contribution in [-0.4, -0.2) is 12.0 Å². The van der Waals surface area contributed by atoms with Crippen molar-refractivity contribution in [3.63, 3.8) is 0 Å². The zero-order valence-corrected chi connectivity index (χ0v) is 11.3. The van der Waals surface area contributed by atoms with Gasteiger partial charge in [-0.2, -0.15) is 9.65 Å². The third kappa shape index (κ3) is 3.15. The third-order valence-corrected chi connectivity index (χ3v) is 3.08. The maximum Gasteiger partial charge on any atom is 0.305 e. The van der Waals surface area contributed by atoms with E-state index in [9.17, 15) is 14.5 Å². The molecule has 0 unspecified atom stereocenters. The molecule has 0 amide bonds. The third-order valence-electron chi connectivity index (χ3n) is 3.08. The summed E-state index contributed by atoms with van der Waals surface area (Å²) >= 11 is 0. The summed E-state index contributed by atoms with van der Waals surface area (Å²) in [5.41, 5.74) is 0.930. The van der Waals surface area contributed by atoms with Crippen LogP contribution < -0.4 is 4.90 Å². The van der Waals surface area contributed by atoms with Gasteiger partial charge < -0.3 is 4.90 Å². The molecule has 6 heteroatoms. The Bertz CT molecular complexity index is 725. The molecule has 2 aromatic rings. The first-order valence-corrected chi connectivity index (χ1v) is 6.16. The van der Waals surface area contributed by atoms with Gasteiger partial charge in [-0.15, -0.1) is 0 Å². The van der Waals surface area contributed by atoms with Gasteiger partial charge in [0.05, 0.1) is 16.6 Å². The number of rotatable bonds is 4. The summed E-state index contributed by atoms with van der Waals surface area (Å²) in [6, 6.07) is 13.0. The van der Waals surface area contributed by atoms with E-state index in [1.807, 2.05) is 6.07 Å². The average Bonchev–Trinajstić information content (AvgIpc) is 2.49. The SMILES string of the molecule is CN(Cc1cccc([N+](=O)[O-])c1F)c1cccc(C#N)c1. The molecule has 0 N–H and O–H groups in total. The van der Waals surface area contributed by atoms with Gasteiger partial charge in [-0.05, 0) is 18.2 Å². The first kappa shape index (κ1) is 14.5. The Labute approximate surface area is 121 Å². The van der Waals surface area contributed by atoms with E-state index in [1.165, 1.54) is 12.1 Å². The fraction of sp³-hybridized carbons (Fsp3) is 0.133. The first-order valence-electron chi connectivity index (χ1n) is 6.16. The molecule has 106 valence electrons. The topological polar surface area (TPSA) is 70.2 Å². The molecule has 2 rings (SSSR count). The van der Waals surface area contributed by atoms with Crippen LogP contribution in [0, 0.1) is 27.3 Å². The van der Waals surface area contributed by atoms with Crippen LogP contribution in [0.4, 0.5) is 15.8 Å². The Hall–Kier alpha value is -2.94. The van der Waals surface area contributed by atoms with Gasteiger partial charge >= 0.3 is 5.69 Å². The molecule has 0 heterocycles. The normalized spacial score (nSPS) is 9.95. The van der Waals surface area contributed by atoms with E-state index in [2.05, 4.69) is 0 Å². The minimum Gasteiger partial charge on any atom is -0.370 e. The predicted molar refractivity (Wildman–Crippen MR) is 76.3 cm³/mol. The summed E-state index contributed by atoms with van der Waals surface area (Å²) in [5, 5.41) is 19.6. The van der Waals surface area contributed by atoms with E-state index >= 15 is 0 Å². The summed E-state index contributed by atoms with van der Waals surface area (Å²) < 4.78 is 14.0. The van der Waals surface area contributed by atoms with Crippen molar-refractivity contribution in [1.82, 2.24) is 0 Å². The van der Waals surface area contributed by atoms with E-state index in [4.69, 9.17) is 5.26 Å². The number of hydrogen-bond acceptors (Lipinski definition) is 4. The van der Waals surface area contributed by atoms with Crippen molar-refractivity contribution in [1.29, 1.82) is 5.26 Å². The Morgan fingerprint density at radius 2 is 2.05 bits per heavy atom. The number of nitrogens with zero attached hydrogens (tertiary/aromatic N) is 3. The van der Waals surface area contributed by atoms with E-state index < -0.39 is 16.4 Å². The van der Waals surface area contributed by atoms with Gasteiger partial charge in [0.15, 0.2) is 0 Å². The van der Waals surface area contributed by atoms with Crippen LogP contribution in [0.15, 0.2) is 42.5 Å². The Balaban J connectivity index is 2.27. The zero-order chi connectivity index (χ0) is 15.4. The van der Waals surface area contributed by atoms with Gasteiger partial charge in [-0.3, -0.25) is 10.1 Å². The molecule has 0 atom stereocenters. The zero-order valence-electron chi connectivity index (χ0n) is 11.3. The summed E-state index contributed by atoms with van der Waals surface area (Å²) in [6.07, 6.45) is 0. The van der Waals surface area contributed by atoms with Crippen LogP contribution in [0.3, 0.4) is 0 Å². The number of anilines is 1. The molecule has 2 aromatic carbocycles. The van der Waals surface area contributed by atoms with Crippen molar-refractivity contribution in [2.45, 2.75) is 6.54 Å². The molecule has 0 aliphatic heterocycles. The van der Waals surface area contributed by atoms with Gasteiger partial charge in [0.1, 0.15) is 0 Å². The number of nitriles is 1. The van der Waals surface area contributed by atoms with Gasteiger partial charge in [0, 0.05) is 30.9 Å². The monoisotopic (exact) mass is 285 g/mol. The molecule has 0 saturated carbocycles. The summed E-state index contributed by atoms with van der Waals surface area (Å²) in [6.45, 7) is 0.169. The second kappa shape index (κ2) is 6.01. The predicted octanol–water partition coefficient (Wildman–Crippen LogP) is 3.24. The van der Waals surface area contributed by atoms with Crippen LogP contribution in [0.1, 0.15) is 11.1 Å². The number of nitro groups is 1. The van der Waals surface area contributed by atoms with E-state index in [-0.39, 0.29) is 12.1 Å². The molecule has 5 nitrogen and oxygen atoms in total. The van der Waals surface area contributed by atoms with Crippen molar-refractivity contribution in [2.24, 2.45) is 0 Å². The van der Waals surface area contributed by atoms with Crippen LogP contribution >= 0.6 is 0 Å². The molecule has 0 aliphatic carbocycles. The molecular formula is C15H12FN3O2.